The van der Waals surface area contributed by atoms with Gasteiger partial charge in [0.2, 0.25) is 11.4 Å². The van der Waals surface area contributed by atoms with Crippen LogP contribution >= 0.6 is 7.60 Å². The normalized spacial score (nSPS) is 21.2. The van der Waals surface area contributed by atoms with Crippen molar-refractivity contribution < 1.29 is 62.0 Å². The third-order valence-corrected chi connectivity index (χ3v) is 5.25. The van der Waals surface area contributed by atoms with Crippen LogP contribution in [-0.4, -0.2) is 82.3 Å². The predicted octanol–water partition coefficient (Wildman–Crippen LogP) is 0.229. The smallest absolute Gasteiger partial charge is 0.408 e. The topological polar surface area (TPSA) is 213 Å². The number of nitrogens with one attached hydrogen (secondary N) is 2. The van der Waals surface area contributed by atoms with Crippen LogP contribution in [-0.2, 0) is 47.4 Å². The highest BCUT2D eigenvalue weighted by molar-refractivity contribution is 7.56. The minimum absolute atomic E-state index is 0.640. The summed E-state index contributed by atoms with van der Waals surface area (Å²) in [5, 5.41) is 4.87. The number of esters is 3. The third kappa shape index (κ3) is 11.2. The highest BCUT2D eigenvalue weighted by Gasteiger charge is 2.49. The molecule has 1 rings (SSSR count). The van der Waals surface area contributed by atoms with Crippen LogP contribution in [0.25, 0.3) is 0 Å². The summed E-state index contributed by atoms with van der Waals surface area (Å²) >= 11 is 0. The summed E-state index contributed by atoms with van der Waals surface area (Å²) in [5.41, 5.74) is -1.87. The summed E-state index contributed by atoms with van der Waals surface area (Å²) in [6.07, 6.45) is -5.02. The lowest BCUT2D eigenvalue weighted by Gasteiger charge is -2.42. The molecular formula is C21H33N2O13P. The Kier molecular flexibility index (Phi) is 11.1. The van der Waals surface area contributed by atoms with E-state index in [9.17, 15) is 38.3 Å². The number of carbonyl (C=O) groups excluding carboxylic acids is 5. The molecule has 1 aliphatic rings. The van der Waals surface area contributed by atoms with E-state index in [4.69, 9.17) is 23.7 Å². The molecule has 0 aliphatic carbocycles. The molecule has 0 aromatic rings. The van der Waals surface area contributed by atoms with Crippen molar-refractivity contribution in [3.05, 3.63) is 11.6 Å². The van der Waals surface area contributed by atoms with Crippen molar-refractivity contribution >= 4 is 37.5 Å². The first-order valence-electron chi connectivity index (χ1n) is 11.0. The monoisotopic (exact) mass is 552 g/mol. The fraction of sp³-hybridized carbons (Fsp3) is 0.667. The van der Waals surface area contributed by atoms with Gasteiger partial charge in [0.25, 0.3) is 0 Å². The fourth-order valence-corrected chi connectivity index (χ4v) is 3.90. The molecule has 0 saturated carbocycles. The van der Waals surface area contributed by atoms with Crippen LogP contribution in [0.1, 0.15) is 48.5 Å². The van der Waals surface area contributed by atoms with Gasteiger partial charge in [0, 0.05) is 27.7 Å². The Hall–Kier alpha value is -3.16. The van der Waals surface area contributed by atoms with Gasteiger partial charge in [0.15, 0.2) is 18.3 Å². The van der Waals surface area contributed by atoms with Gasteiger partial charge in [-0.2, -0.15) is 0 Å². The van der Waals surface area contributed by atoms with E-state index in [1.54, 1.807) is 20.8 Å². The van der Waals surface area contributed by atoms with Gasteiger partial charge < -0.3 is 44.1 Å². The van der Waals surface area contributed by atoms with Crippen molar-refractivity contribution in [2.24, 2.45) is 0 Å². The summed E-state index contributed by atoms with van der Waals surface area (Å²) in [6, 6.07) is -2.72. The quantitative estimate of drug-likeness (QED) is 0.171. The van der Waals surface area contributed by atoms with Crippen LogP contribution < -0.4 is 10.6 Å². The number of alkyl carbamates (subject to hydrolysis) is 1. The molecule has 1 heterocycles. The van der Waals surface area contributed by atoms with E-state index in [-0.39, 0.29) is 0 Å². The molecule has 0 saturated heterocycles. The molecule has 0 aromatic heterocycles. The van der Waals surface area contributed by atoms with Crippen LogP contribution in [0.3, 0.4) is 0 Å². The molecule has 4 N–H and O–H groups in total. The average molecular weight is 552 g/mol. The first-order valence-corrected chi connectivity index (χ1v) is 12.6. The van der Waals surface area contributed by atoms with E-state index in [1.165, 1.54) is 0 Å². The Balaban J connectivity index is 3.66. The van der Waals surface area contributed by atoms with E-state index in [2.05, 4.69) is 10.6 Å². The molecule has 0 bridgehead atoms. The maximum Gasteiger partial charge on any atom is 0.408 e. The lowest BCUT2D eigenvalue weighted by Crippen LogP contribution is -2.64. The van der Waals surface area contributed by atoms with Crippen LogP contribution in [0.4, 0.5) is 4.79 Å². The summed E-state index contributed by atoms with van der Waals surface area (Å²) < 4.78 is 38.2. The third-order valence-electron chi connectivity index (χ3n) is 4.42. The van der Waals surface area contributed by atoms with Crippen molar-refractivity contribution in [3.8, 4) is 0 Å². The van der Waals surface area contributed by atoms with Gasteiger partial charge in [-0.15, -0.1) is 0 Å². The first-order chi connectivity index (χ1) is 16.8. The van der Waals surface area contributed by atoms with E-state index in [0.29, 0.717) is 0 Å². The Morgan fingerprint density at radius 3 is 2.00 bits per heavy atom. The van der Waals surface area contributed by atoms with Gasteiger partial charge in [0.05, 0.1) is 12.1 Å². The minimum atomic E-state index is -5.12. The standard InChI is InChI=1S/C21H33N2O13P/c1-10(24)22-17-14(23-20(28)36-21(5,6)7)8-16(37(29,30)31)35-19(17)18(34-13(4)27)15(33-12(3)26)9-32-11(2)25/h8,14-15,17-19H,9H2,1-7H3,(H,22,24)(H,23,28)(H2,29,30,31). The molecule has 15 nitrogen and oxygen atoms in total. The maximum atomic E-state index is 12.5. The van der Waals surface area contributed by atoms with Crippen molar-refractivity contribution in [1.82, 2.24) is 10.6 Å². The predicted molar refractivity (Wildman–Crippen MR) is 124 cm³/mol. The zero-order chi connectivity index (χ0) is 28.7. The summed E-state index contributed by atoms with van der Waals surface area (Å²) in [6.45, 7) is 8.30. The second-order valence-electron chi connectivity index (χ2n) is 9.05. The molecule has 2 amide bonds. The Morgan fingerprint density at radius 2 is 1.57 bits per heavy atom. The summed E-state index contributed by atoms with van der Waals surface area (Å²) in [7, 11) is -5.12. The molecule has 0 radical (unpaired) electrons. The van der Waals surface area contributed by atoms with Gasteiger partial charge in [-0.05, 0) is 26.8 Å². The Labute approximate surface area is 213 Å². The zero-order valence-electron chi connectivity index (χ0n) is 21.5. The van der Waals surface area contributed by atoms with Gasteiger partial charge in [-0.25, -0.2) is 4.79 Å². The van der Waals surface area contributed by atoms with Crippen LogP contribution in [0.15, 0.2) is 11.6 Å². The molecule has 5 unspecified atom stereocenters. The molecule has 0 aromatic carbocycles. The van der Waals surface area contributed by atoms with Gasteiger partial charge in [0.1, 0.15) is 12.2 Å². The summed E-state index contributed by atoms with van der Waals surface area (Å²) in [4.78, 5) is 79.3. The average Bonchev–Trinajstić information content (AvgIpc) is 2.67. The maximum absolute atomic E-state index is 12.5. The molecule has 1 aliphatic heterocycles. The highest BCUT2D eigenvalue weighted by atomic mass is 31.2. The number of ether oxygens (including phenoxy) is 5. The SMILES string of the molecule is CC(=O)NC1C(NC(=O)OC(C)(C)C)C=C(P(=O)(O)O)OC1C(OC(C)=O)C(COC(C)=O)OC(C)=O. The van der Waals surface area contributed by atoms with E-state index in [1.807, 2.05) is 0 Å². The number of hydrogen-bond acceptors (Lipinski definition) is 11. The first kappa shape index (κ1) is 31.9. The molecule has 0 spiro atoms. The van der Waals surface area contributed by atoms with E-state index >= 15 is 0 Å². The van der Waals surface area contributed by atoms with Crippen LogP contribution in [0.2, 0.25) is 0 Å². The number of amides is 2. The molecule has 5 atom stereocenters. The number of carbonyl (C=O) groups is 5. The molecular weight excluding hydrogens is 519 g/mol. The van der Waals surface area contributed by atoms with E-state index in [0.717, 1.165) is 33.8 Å². The second kappa shape index (κ2) is 12.9. The van der Waals surface area contributed by atoms with Crippen LogP contribution in [0, 0.1) is 0 Å². The Morgan fingerprint density at radius 1 is 1.00 bits per heavy atom. The number of rotatable bonds is 9. The lowest BCUT2D eigenvalue weighted by molar-refractivity contribution is -0.186. The van der Waals surface area contributed by atoms with Gasteiger partial charge >= 0.3 is 31.6 Å². The summed E-state index contributed by atoms with van der Waals surface area (Å²) in [5.74, 6) is -3.25. The van der Waals surface area contributed by atoms with Gasteiger partial charge in [-0.1, -0.05) is 0 Å². The van der Waals surface area contributed by atoms with Crippen molar-refractivity contribution in [2.45, 2.75) is 84.5 Å². The molecule has 210 valence electrons. The molecule has 0 fully saturated rings. The largest absolute Gasteiger partial charge is 0.476 e. The van der Waals surface area contributed by atoms with E-state index < -0.39 is 85.6 Å². The minimum Gasteiger partial charge on any atom is -0.476 e. The molecule has 16 heteroatoms. The second-order valence-corrected chi connectivity index (χ2v) is 10.6. The fourth-order valence-electron chi connectivity index (χ4n) is 3.29. The van der Waals surface area contributed by atoms with Crippen molar-refractivity contribution in [3.63, 3.8) is 0 Å². The Bertz CT molecular complexity index is 968. The zero-order valence-corrected chi connectivity index (χ0v) is 22.4. The van der Waals surface area contributed by atoms with Crippen LogP contribution in [0.5, 0.6) is 0 Å². The molecule has 37 heavy (non-hydrogen) atoms. The number of hydrogen-bond donors (Lipinski definition) is 4. The van der Waals surface area contributed by atoms with Crippen molar-refractivity contribution in [1.29, 1.82) is 0 Å². The highest BCUT2D eigenvalue weighted by Crippen LogP contribution is 2.48. The van der Waals surface area contributed by atoms with Crippen molar-refractivity contribution in [2.75, 3.05) is 6.61 Å². The van der Waals surface area contributed by atoms with Gasteiger partial charge in [-0.3, -0.25) is 23.7 Å². The lowest BCUT2D eigenvalue weighted by atomic mass is 9.92.